The summed E-state index contributed by atoms with van der Waals surface area (Å²) in [7, 11) is 0. The topological polar surface area (TPSA) is 101 Å². The van der Waals surface area contributed by atoms with E-state index in [0.717, 1.165) is 6.42 Å². The molecule has 0 aliphatic carbocycles. The molecule has 1 heterocycles. The van der Waals surface area contributed by atoms with Crippen molar-refractivity contribution in [2.24, 2.45) is 0 Å². The Morgan fingerprint density at radius 3 is 2.71 bits per heavy atom. The van der Waals surface area contributed by atoms with E-state index in [4.69, 9.17) is 0 Å². The van der Waals surface area contributed by atoms with E-state index in [0.29, 0.717) is 24.9 Å². The van der Waals surface area contributed by atoms with Crippen LogP contribution in [-0.4, -0.2) is 39.4 Å². The van der Waals surface area contributed by atoms with Crippen LogP contribution >= 0.6 is 0 Å². The minimum Gasteiger partial charge on any atom is -0.480 e. The normalized spacial score (nSPS) is 18.3. The third-order valence-electron chi connectivity index (χ3n) is 3.70. The van der Waals surface area contributed by atoms with Gasteiger partial charge in [-0.05, 0) is 32.3 Å². The number of carbonyl (C=O) groups is 2. The molecular formula is C14H16N2O5. The molecule has 1 aliphatic heterocycles. The second-order valence-corrected chi connectivity index (χ2v) is 5.08. The van der Waals surface area contributed by atoms with Gasteiger partial charge in [0.05, 0.1) is 4.92 Å². The number of hydrogen-bond acceptors (Lipinski definition) is 4. The van der Waals surface area contributed by atoms with Gasteiger partial charge < -0.3 is 10.0 Å². The molecule has 0 radical (unpaired) electrons. The molecule has 0 saturated carbocycles. The smallest absolute Gasteiger partial charge is 0.326 e. The maximum Gasteiger partial charge on any atom is 0.326 e. The highest BCUT2D eigenvalue weighted by molar-refractivity contribution is 6.00. The van der Waals surface area contributed by atoms with Gasteiger partial charge in [0.25, 0.3) is 11.6 Å². The number of hydrogen-bond donors (Lipinski definition) is 1. The first-order valence-electron chi connectivity index (χ1n) is 6.71. The summed E-state index contributed by atoms with van der Waals surface area (Å²) in [6.07, 6.45) is 1.81. The van der Waals surface area contributed by atoms with Gasteiger partial charge in [0.2, 0.25) is 0 Å². The van der Waals surface area contributed by atoms with Crippen LogP contribution in [0.25, 0.3) is 0 Å². The first kappa shape index (κ1) is 15.0. The number of rotatable bonds is 3. The van der Waals surface area contributed by atoms with Crippen molar-refractivity contribution >= 4 is 17.6 Å². The van der Waals surface area contributed by atoms with Crippen molar-refractivity contribution in [3.05, 3.63) is 39.4 Å². The molecule has 0 bridgehead atoms. The fourth-order valence-corrected chi connectivity index (χ4v) is 2.66. The second kappa shape index (κ2) is 5.90. The van der Waals surface area contributed by atoms with E-state index < -0.39 is 22.8 Å². The lowest BCUT2D eigenvalue weighted by Crippen LogP contribution is -2.48. The number of carbonyl (C=O) groups excluding carboxylic acids is 1. The second-order valence-electron chi connectivity index (χ2n) is 5.08. The van der Waals surface area contributed by atoms with Crippen molar-refractivity contribution in [2.45, 2.75) is 32.2 Å². The zero-order valence-corrected chi connectivity index (χ0v) is 11.6. The van der Waals surface area contributed by atoms with Crippen molar-refractivity contribution in [1.82, 2.24) is 4.90 Å². The number of amides is 1. The van der Waals surface area contributed by atoms with Crippen LogP contribution in [0.1, 0.15) is 35.2 Å². The van der Waals surface area contributed by atoms with Crippen LogP contribution < -0.4 is 0 Å². The van der Waals surface area contributed by atoms with E-state index in [1.54, 1.807) is 19.1 Å². The highest BCUT2D eigenvalue weighted by Crippen LogP contribution is 2.27. The summed E-state index contributed by atoms with van der Waals surface area (Å²) in [5, 5.41) is 20.4. The summed E-state index contributed by atoms with van der Waals surface area (Å²) in [5.41, 5.74) is 0.0834. The minimum atomic E-state index is -1.07. The molecule has 21 heavy (non-hydrogen) atoms. The van der Waals surface area contributed by atoms with Gasteiger partial charge in [-0.3, -0.25) is 14.9 Å². The molecule has 1 saturated heterocycles. The monoisotopic (exact) mass is 292 g/mol. The van der Waals surface area contributed by atoms with Gasteiger partial charge in [-0.25, -0.2) is 4.79 Å². The highest BCUT2D eigenvalue weighted by Gasteiger charge is 2.35. The number of nitro groups is 1. The molecule has 7 nitrogen and oxygen atoms in total. The maximum atomic E-state index is 12.6. The number of piperidine rings is 1. The lowest BCUT2D eigenvalue weighted by Gasteiger charge is -2.32. The molecule has 2 rings (SSSR count). The predicted molar refractivity (Wildman–Crippen MR) is 74.1 cm³/mol. The van der Waals surface area contributed by atoms with E-state index in [1.165, 1.54) is 11.0 Å². The van der Waals surface area contributed by atoms with Crippen LogP contribution in [0.5, 0.6) is 0 Å². The van der Waals surface area contributed by atoms with Crippen LogP contribution in [0.2, 0.25) is 0 Å². The molecule has 7 heteroatoms. The number of nitrogens with zero attached hydrogens (tertiary/aromatic N) is 2. The third-order valence-corrected chi connectivity index (χ3v) is 3.70. The molecule has 1 aliphatic rings. The molecule has 0 unspecified atom stereocenters. The number of likely N-dealkylation sites (tertiary alicyclic amines) is 1. The first-order valence-corrected chi connectivity index (χ1v) is 6.71. The van der Waals surface area contributed by atoms with E-state index in [-0.39, 0.29) is 11.3 Å². The van der Waals surface area contributed by atoms with E-state index in [1.807, 2.05) is 0 Å². The Hall–Kier alpha value is -2.44. The SMILES string of the molecule is Cc1cccc(C(=O)N2CCCC[C@@H]2C(=O)O)c1[N+](=O)[O-]. The van der Waals surface area contributed by atoms with Crippen LogP contribution in [0.4, 0.5) is 5.69 Å². The Morgan fingerprint density at radius 1 is 1.38 bits per heavy atom. The van der Waals surface area contributed by atoms with Crippen LogP contribution in [0, 0.1) is 17.0 Å². The number of carboxylic acid groups (broad SMARTS) is 1. The van der Waals surface area contributed by atoms with Gasteiger partial charge in [-0.2, -0.15) is 0 Å². The van der Waals surface area contributed by atoms with Gasteiger partial charge in [0.1, 0.15) is 11.6 Å². The maximum absolute atomic E-state index is 12.6. The van der Waals surface area contributed by atoms with Crippen LogP contribution in [0.3, 0.4) is 0 Å². The largest absolute Gasteiger partial charge is 0.480 e. The van der Waals surface area contributed by atoms with Crippen molar-refractivity contribution in [1.29, 1.82) is 0 Å². The summed E-state index contributed by atoms with van der Waals surface area (Å²) in [6.45, 7) is 1.86. The lowest BCUT2D eigenvalue weighted by atomic mass is 9.99. The minimum absolute atomic E-state index is 0.0480. The number of nitro benzene ring substituents is 1. The Labute approximate surface area is 121 Å². The summed E-state index contributed by atoms with van der Waals surface area (Å²) < 4.78 is 0. The van der Waals surface area contributed by atoms with Gasteiger partial charge in [-0.1, -0.05) is 12.1 Å². The number of aliphatic carboxylic acids is 1. The molecule has 0 spiro atoms. The molecule has 1 amide bonds. The summed E-state index contributed by atoms with van der Waals surface area (Å²) >= 11 is 0. The first-order chi connectivity index (χ1) is 9.93. The van der Waals surface area contributed by atoms with Gasteiger partial charge >= 0.3 is 5.97 Å². The third kappa shape index (κ3) is 2.86. The predicted octanol–water partition coefficient (Wildman–Crippen LogP) is 1.98. The fraction of sp³-hybridized carbons (Fsp3) is 0.429. The quantitative estimate of drug-likeness (QED) is 0.678. The molecule has 1 fully saturated rings. The molecule has 1 atom stereocenters. The average molecular weight is 292 g/mol. The Morgan fingerprint density at radius 2 is 2.10 bits per heavy atom. The van der Waals surface area contributed by atoms with Crippen molar-refractivity contribution in [2.75, 3.05) is 6.54 Å². The standard InChI is InChI=1S/C14H16N2O5/c1-9-5-4-6-10(12(9)16(20)21)13(17)15-8-3-2-7-11(15)14(18)19/h4-6,11H,2-3,7-8H2,1H3,(H,18,19)/t11-/m1/s1. The average Bonchev–Trinajstić information content (AvgIpc) is 2.45. The summed E-state index contributed by atoms with van der Waals surface area (Å²) in [5.74, 6) is -1.66. The highest BCUT2D eigenvalue weighted by atomic mass is 16.6. The molecular weight excluding hydrogens is 276 g/mol. The van der Waals surface area contributed by atoms with Crippen molar-refractivity contribution < 1.29 is 19.6 Å². The Balaban J connectivity index is 2.42. The van der Waals surface area contributed by atoms with Crippen molar-refractivity contribution in [3.63, 3.8) is 0 Å². The summed E-state index contributed by atoms with van der Waals surface area (Å²) in [4.78, 5) is 35.6. The Kier molecular flexibility index (Phi) is 4.21. The van der Waals surface area contributed by atoms with E-state index >= 15 is 0 Å². The van der Waals surface area contributed by atoms with Gasteiger partial charge in [0, 0.05) is 12.1 Å². The van der Waals surface area contributed by atoms with Crippen molar-refractivity contribution in [3.8, 4) is 0 Å². The van der Waals surface area contributed by atoms with Gasteiger partial charge in [0.15, 0.2) is 0 Å². The molecule has 0 aromatic heterocycles. The number of para-hydroxylation sites is 1. The molecule has 112 valence electrons. The zero-order valence-electron chi connectivity index (χ0n) is 11.6. The van der Waals surface area contributed by atoms with Crippen LogP contribution in [-0.2, 0) is 4.79 Å². The Bertz CT molecular complexity index is 599. The summed E-state index contributed by atoms with van der Waals surface area (Å²) in [6, 6.07) is 3.59. The van der Waals surface area contributed by atoms with E-state index in [2.05, 4.69) is 0 Å². The molecule has 1 aromatic rings. The number of benzene rings is 1. The van der Waals surface area contributed by atoms with E-state index in [9.17, 15) is 24.8 Å². The van der Waals surface area contributed by atoms with Crippen LogP contribution in [0.15, 0.2) is 18.2 Å². The molecule has 1 aromatic carbocycles. The lowest BCUT2D eigenvalue weighted by molar-refractivity contribution is -0.385. The zero-order chi connectivity index (χ0) is 15.6. The van der Waals surface area contributed by atoms with Gasteiger partial charge in [-0.15, -0.1) is 0 Å². The number of carboxylic acids is 1. The molecule has 1 N–H and O–H groups in total. The fourth-order valence-electron chi connectivity index (χ4n) is 2.66. The number of aryl methyl sites for hydroxylation is 1.